The molecule has 1 aliphatic carbocycles. The molecule has 3 rings (SSSR count). The third-order valence-electron chi connectivity index (χ3n) is 4.86. The molecule has 0 bridgehead atoms. The smallest absolute Gasteiger partial charge is 0.238 e. The van der Waals surface area contributed by atoms with Gasteiger partial charge in [-0.15, -0.1) is 23.2 Å². The van der Waals surface area contributed by atoms with E-state index in [-0.39, 0.29) is 18.4 Å². The van der Waals surface area contributed by atoms with Crippen molar-refractivity contribution in [2.24, 2.45) is 5.41 Å². The molecule has 25 heavy (non-hydrogen) atoms. The highest BCUT2D eigenvalue weighted by Gasteiger charge is 2.68. The highest BCUT2D eigenvalue weighted by Crippen LogP contribution is 2.64. The molecule has 0 spiro atoms. The molecule has 1 atom stereocenters. The molecule has 1 saturated heterocycles. The highest BCUT2D eigenvalue weighted by atomic mass is 35.5. The SMILES string of the molecule is CC1(C(=O)N2CCN(CC(=O)Nc3cccc(F)c3)CC2)CC1(Cl)Cl. The van der Waals surface area contributed by atoms with Gasteiger partial charge in [0.2, 0.25) is 11.8 Å². The van der Waals surface area contributed by atoms with E-state index in [0.29, 0.717) is 38.3 Å². The number of halogens is 3. The number of anilines is 1. The Morgan fingerprint density at radius 1 is 1.24 bits per heavy atom. The summed E-state index contributed by atoms with van der Waals surface area (Å²) in [4.78, 5) is 28.3. The lowest BCUT2D eigenvalue weighted by Crippen LogP contribution is -2.52. The second kappa shape index (κ2) is 6.74. The standard InChI is InChI=1S/C17H20Cl2FN3O2/c1-16(11-17(16,18)19)15(25)23-7-5-22(6-8-23)10-14(24)21-13-4-2-3-12(20)9-13/h2-4,9H,5-8,10-11H2,1H3,(H,21,24). The Morgan fingerprint density at radius 3 is 2.44 bits per heavy atom. The molecule has 8 heteroatoms. The molecule has 2 fully saturated rings. The average Bonchev–Trinajstić information content (AvgIpc) is 3.07. The van der Waals surface area contributed by atoms with E-state index in [1.54, 1.807) is 24.0 Å². The minimum Gasteiger partial charge on any atom is -0.340 e. The molecule has 1 aliphatic heterocycles. The first-order chi connectivity index (χ1) is 11.7. The first-order valence-corrected chi connectivity index (χ1v) is 8.92. The van der Waals surface area contributed by atoms with E-state index >= 15 is 0 Å². The Bertz CT molecular complexity index is 692. The van der Waals surface area contributed by atoms with Crippen LogP contribution in [-0.4, -0.2) is 58.7 Å². The number of hydrogen-bond acceptors (Lipinski definition) is 3. The molecule has 1 N–H and O–H groups in total. The van der Waals surface area contributed by atoms with Crippen LogP contribution >= 0.6 is 23.2 Å². The number of carbonyl (C=O) groups is 2. The lowest BCUT2D eigenvalue weighted by atomic mass is 10.1. The first kappa shape index (κ1) is 18.4. The summed E-state index contributed by atoms with van der Waals surface area (Å²) in [5, 5.41) is 2.67. The Hall–Kier alpha value is -1.37. The maximum Gasteiger partial charge on any atom is 0.238 e. The van der Waals surface area contributed by atoms with Crippen LogP contribution in [0, 0.1) is 11.2 Å². The van der Waals surface area contributed by atoms with Crippen molar-refractivity contribution < 1.29 is 14.0 Å². The molecule has 1 aromatic rings. The Kier molecular flexibility index (Phi) is 4.97. The number of rotatable bonds is 4. The minimum atomic E-state index is -0.966. The number of piperazine rings is 1. The molecule has 1 heterocycles. The number of nitrogens with one attached hydrogen (secondary N) is 1. The average molecular weight is 388 g/mol. The van der Waals surface area contributed by atoms with Gasteiger partial charge in [-0.3, -0.25) is 14.5 Å². The summed E-state index contributed by atoms with van der Waals surface area (Å²) in [6.07, 6.45) is 0.470. The van der Waals surface area contributed by atoms with Gasteiger partial charge in [-0.25, -0.2) is 4.39 Å². The van der Waals surface area contributed by atoms with Crippen LogP contribution in [0.1, 0.15) is 13.3 Å². The first-order valence-electron chi connectivity index (χ1n) is 8.16. The zero-order chi connectivity index (χ0) is 18.2. The van der Waals surface area contributed by atoms with E-state index in [0.717, 1.165) is 0 Å². The number of amides is 2. The van der Waals surface area contributed by atoms with E-state index in [9.17, 15) is 14.0 Å². The molecular formula is C17H20Cl2FN3O2. The third-order valence-corrected chi connectivity index (χ3v) is 5.97. The minimum absolute atomic E-state index is 0.0265. The van der Waals surface area contributed by atoms with Crippen molar-refractivity contribution in [1.82, 2.24) is 9.80 Å². The number of alkyl halides is 2. The second-order valence-electron chi connectivity index (χ2n) is 6.84. The van der Waals surface area contributed by atoms with Crippen molar-refractivity contribution in [3.8, 4) is 0 Å². The fourth-order valence-electron chi connectivity index (χ4n) is 3.06. The zero-order valence-electron chi connectivity index (χ0n) is 13.9. The van der Waals surface area contributed by atoms with Crippen LogP contribution in [0.4, 0.5) is 10.1 Å². The Morgan fingerprint density at radius 2 is 1.88 bits per heavy atom. The van der Waals surface area contributed by atoms with Gasteiger partial charge in [0, 0.05) is 31.9 Å². The number of nitrogens with zero attached hydrogens (tertiary/aromatic N) is 2. The maximum absolute atomic E-state index is 13.1. The van der Waals surface area contributed by atoms with Gasteiger partial charge < -0.3 is 10.2 Å². The summed E-state index contributed by atoms with van der Waals surface area (Å²) < 4.78 is 12.2. The molecule has 1 saturated carbocycles. The van der Waals surface area contributed by atoms with Crippen LogP contribution in [0.5, 0.6) is 0 Å². The van der Waals surface area contributed by atoms with Crippen molar-refractivity contribution in [2.45, 2.75) is 17.7 Å². The largest absolute Gasteiger partial charge is 0.340 e. The molecule has 2 aliphatic rings. The van der Waals surface area contributed by atoms with Gasteiger partial charge in [-0.05, 0) is 31.5 Å². The third kappa shape index (κ3) is 3.91. The lowest BCUT2D eigenvalue weighted by Gasteiger charge is -2.36. The normalized spacial score (nSPS) is 25.5. The van der Waals surface area contributed by atoms with E-state index in [1.165, 1.54) is 12.1 Å². The predicted octanol–water partition coefficient (Wildman–Crippen LogP) is 2.49. The monoisotopic (exact) mass is 387 g/mol. The summed E-state index contributed by atoms with van der Waals surface area (Å²) in [5.74, 6) is -0.630. The van der Waals surface area contributed by atoms with Crippen molar-refractivity contribution in [3.63, 3.8) is 0 Å². The van der Waals surface area contributed by atoms with Gasteiger partial charge in [-0.2, -0.15) is 0 Å². The Balaban J connectivity index is 1.46. The lowest BCUT2D eigenvalue weighted by molar-refractivity contribution is -0.138. The van der Waals surface area contributed by atoms with Crippen LogP contribution < -0.4 is 5.32 Å². The molecule has 1 aromatic carbocycles. The van der Waals surface area contributed by atoms with Crippen LogP contribution in [0.3, 0.4) is 0 Å². The van der Waals surface area contributed by atoms with Crippen molar-refractivity contribution >= 4 is 40.7 Å². The second-order valence-corrected chi connectivity index (χ2v) is 8.32. The summed E-state index contributed by atoms with van der Waals surface area (Å²) in [6.45, 7) is 4.24. The van der Waals surface area contributed by atoms with Crippen LogP contribution in [0.25, 0.3) is 0 Å². The molecule has 2 amide bonds. The number of benzene rings is 1. The quantitative estimate of drug-likeness (QED) is 0.807. The maximum atomic E-state index is 13.1. The van der Waals surface area contributed by atoms with Crippen LogP contribution in [-0.2, 0) is 9.59 Å². The molecular weight excluding hydrogens is 368 g/mol. The topological polar surface area (TPSA) is 52.7 Å². The van der Waals surface area contributed by atoms with Crippen LogP contribution in [0.15, 0.2) is 24.3 Å². The molecule has 1 unspecified atom stereocenters. The van der Waals surface area contributed by atoms with Gasteiger partial charge in [0.25, 0.3) is 0 Å². The molecule has 136 valence electrons. The van der Waals surface area contributed by atoms with Gasteiger partial charge in [-0.1, -0.05) is 6.07 Å². The Labute approximate surface area is 156 Å². The predicted molar refractivity (Wildman–Crippen MR) is 95.2 cm³/mol. The highest BCUT2D eigenvalue weighted by molar-refractivity contribution is 6.53. The van der Waals surface area contributed by atoms with E-state index in [1.807, 2.05) is 4.90 Å². The molecule has 5 nitrogen and oxygen atoms in total. The van der Waals surface area contributed by atoms with Gasteiger partial charge in [0.15, 0.2) is 0 Å². The van der Waals surface area contributed by atoms with Gasteiger partial charge in [0.1, 0.15) is 10.2 Å². The van der Waals surface area contributed by atoms with Crippen LogP contribution in [0.2, 0.25) is 0 Å². The zero-order valence-corrected chi connectivity index (χ0v) is 15.4. The van der Waals surface area contributed by atoms with Crippen molar-refractivity contribution in [2.75, 3.05) is 38.0 Å². The summed E-state index contributed by atoms with van der Waals surface area (Å²) in [6, 6.07) is 5.78. The van der Waals surface area contributed by atoms with Crippen molar-refractivity contribution in [1.29, 1.82) is 0 Å². The fraction of sp³-hybridized carbons (Fsp3) is 0.529. The van der Waals surface area contributed by atoms with E-state index < -0.39 is 15.6 Å². The van der Waals surface area contributed by atoms with Gasteiger partial charge in [0.05, 0.1) is 12.0 Å². The number of carbonyl (C=O) groups excluding carboxylic acids is 2. The van der Waals surface area contributed by atoms with Crippen molar-refractivity contribution in [3.05, 3.63) is 30.1 Å². The fourth-order valence-corrected chi connectivity index (χ4v) is 3.76. The summed E-state index contributed by atoms with van der Waals surface area (Å²) >= 11 is 12.2. The van der Waals surface area contributed by atoms with E-state index in [2.05, 4.69) is 5.32 Å². The molecule has 0 aromatic heterocycles. The summed E-state index contributed by atoms with van der Waals surface area (Å²) in [7, 11) is 0. The molecule has 0 radical (unpaired) electrons. The van der Waals surface area contributed by atoms with Gasteiger partial charge >= 0.3 is 0 Å². The number of hydrogen-bond donors (Lipinski definition) is 1. The van der Waals surface area contributed by atoms with E-state index in [4.69, 9.17) is 23.2 Å². The summed E-state index contributed by atoms with van der Waals surface area (Å²) in [5.41, 5.74) is -0.270.